The first-order valence-electron chi connectivity index (χ1n) is 8.61. The topological polar surface area (TPSA) is 95.7 Å². The molecule has 0 bridgehead atoms. The summed E-state index contributed by atoms with van der Waals surface area (Å²) in [6.07, 6.45) is 0. The number of nitriles is 1. The number of ether oxygens (including phenoxy) is 1. The van der Waals surface area contributed by atoms with Crippen molar-refractivity contribution in [3.63, 3.8) is 0 Å². The zero-order valence-corrected chi connectivity index (χ0v) is 16.3. The number of nitrogens with one attached hydrogen (secondary N) is 2. The summed E-state index contributed by atoms with van der Waals surface area (Å²) in [5.41, 5.74) is 2.32. The molecule has 1 aromatic heterocycles. The molecule has 7 nitrogen and oxygen atoms in total. The van der Waals surface area contributed by atoms with Gasteiger partial charge in [0.1, 0.15) is 12.3 Å². The summed E-state index contributed by atoms with van der Waals surface area (Å²) in [7, 11) is 1.60. The third-order valence-electron chi connectivity index (χ3n) is 4.33. The Kier molecular flexibility index (Phi) is 5.87. The summed E-state index contributed by atoms with van der Waals surface area (Å²) >= 11 is 5.28. The number of H-pyrrole nitrogens is 1. The van der Waals surface area contributed by atoms with E-state index in [0.29, 0.717) is 16.2 Å². The van der Waals surface area contributed by atoms with Gasteiger partial charge in [0, 0.05) is 5.56 Å². The number of hydrogen-bond acceptors (Lipinski definition) is 5. The molecule has 3 rings (SSSR count). The second-order valence-corrected chi connectivity index (χ2v) is 6.58. The van der Waals surface area contributed by atoms with E-state index in [2.05, 4.69) is 21.6 Å². The number of carbonyl (C=O) groups excluding carboxylic acids is 1. The van der Waals surface area contributed by atoms with Crippen LogP contribution >= 0.6 is 12.2 Å². The number of carbonyl (C=O) groups is 1. The molecular formula is C20H19N5O2S. The Hall–Kier alpha value is -3.44. The summed E-state index contributed by atoms with van der Waals surface area (Å²) in [4.78, 5) is 12.6. The van der Waals surface area contributed by atoms with Gasteiger partial charge in [-0.2, -0.15) is 10.4 Å². The Morgan fingerprint density at radius 3 is 2.57 bits per heavy atom. The van der Waals surface area contributed by atoms with E-state index in [0.717, 1.165) is 16.9 Å². The molecule has 142 valence electrons. The number of methoxy groups -OCH3 is 1. The van der Waals surface area contributed by atoms with Crippen LogP contribution in [-0.4, -0.2) is 27.8 Å². The van der Waals surface area contributed by atoms with Gasteiger partial charge in [0.15, 0.2) is 10.6 Å². The maximum Gasteiger partial charge on any atom is 0.240 e. The Morgan fingerprint density at radius 1 is 1.29 bits per heavy atom. The van der Waals surface area contributed by atoms with E-state index < -0.39 is 0 Å². The van der Waals surface area contributed by atoms with Crippen LogP contribution in [0.5, 0.6) is 5.75 Å². The fourth-order valence-electron chi connectivity index (χ4n) is 2.79. The van der Waals surface area contributed by atoms with E-state index >= 15 is 0 Å². The van der Waals surface area contributed by atoms with Crippen LogP contribution in [0, 0.1) is 16.1 Å². The fourth-order valence-corrected chi connectivity index (χ4v) is 2.98. The van der Waals surface area contributed by atoms with Crippen LogP contribution in [-0.2, 0) is 11.3 Å². The second-order valence-electron chi connectivity index (χ2n) is 6.19. The number of rotatable bonds is 6. The van der Waals surface area contributed by atoms with E-state index in [1.54, 1.807) is 23.8 Å². The molecule has 1 heterocycles. The first-order chi connectivity index (χ1) is 13.5. The molecule has 1 atom stereocenters. The van der Waals surface area contributed by atoms with Crippen LogP contribution in [0.15, 0.2) is 48.5 Å². The van der Waals surface area contributed by atoms with Crippen molar-refractivity contribution in [3.8, 4) is 23.2 Å². The quantitative estimate of drug-likeness (QED) is 0.626. The molecule has 0 aliphatic carbocycles. The molecule has 1 amide bonds. The van der Waals surface area contributed by atoms with Crippen molar-refractivity contribution in [2.75, 3.05) is 7.11 Å². The highest BCUT2D eigenvalue weighted by molar-refractivity contribution is 7.71. The molecule has 0 saturated heterocycles. The van der Waals surface area contributed by atoms with Crippen LogP contribution < -0.4 is 10.1 Å². The van der Waals surface area contributed by atoms with Gasteiger partial charge in [0.2, 0.25) is 5.91 Å². The van der Waals surface area contributed by atoms with Gasteiger partial charge >= 0.3 is 0 Å². The lowest BCUT2D eigenvalue weighted by Crippen LogP contribution is -2.30. The Labute approximate surface area is 167 Å². The highest BCUT2D eigenvalue weighted by Gasteiger charge is 2.15. The van der Waals surface area contributed by atoms with E-state index in [1.165, 1.54) is 0 Å². The molecule has 3 aromatic rings. The largest absolute Gasteiger partial charge is 0.497 e. The van der Waals surface area contributed by atoms with Crippen LogP contribution in [0.3, 0.4) is 0 Å². The first-order valence-corrected chi connectivity index (χ1v) is 9.01. The fraction of sp³-hybridized carbons (Fsp3) is 0.200. The number of hydrogen-bond donors (Lipinski definition) is 2. The predicted molar refractivity (Wildman–Crippen MR) is 107 cm³/mol. The van der Waals surface area contributed by atoms with E-state index in [1.807, 2.05) is 43.3 Å². The average molecular weight is 393 g/mol. The molecule has 0 radical (unpaired) electrons. The summed E-state index contributed by atoms with van der Waals surface area (Å²) < 4.78 is 7.19. The molecule has 0 fully saturated rings. The maximum absolute atomic E-state index is 12.6. The number of nitrogens with zero attached hydrogens (tertiary/aromatic N) is 3. The molecule has 2 aromatic carbocycles. The van der Waals surface area contributed by atoms with E-state index in [-0.39, 0.29) is 18.5 Å². The highest BCUT2D eigenvalue weighted by Crippen LogP contribution is 2.21. The Bertz CT molecular complexity index is 1060. The molecular weight excluding hydrogens is 374 g/mol. The molecule has 0 aliphatic rings. The van der Waals surface area contributed by atoms with Gasteiger partial charge in [0.25, 0.3) is 0 Å². The van der Waals surface area contributed by atoms with Crippen molar-refractivity contribution in [2.45, 2.75) is 19.5 Å². The van der Waals surface area contributed by atoms with Gasteiger partial charge in [-0.15, -0.1) is 0 Å². The lowest BCUT2D eigenvalue weighted by molar-refractivity contribution is -0.122. The van der Waals surface area contributed by atoms with Crippen molar-refractivity contribution in [1.82, 2.24) is 20.1 Å². The minimum atomic E-state index is -0.203. The molecule has 1 unspecified atom stereocenters. The second kappa shape index (κ2) is 8.50. The lowest BCUT2D eigenvalue weighted by Gasteiger charge is -2.15. The number of aromatic amines is 1. The molecule has 8 heteroatoms. The van der Waals surface area contributed by atoms with Gasteiger partial charge in [-0.3, -0.25) is 14.5 Å². The zero-order valence-electron chi connectivity index (χ0n) is 15.5. The monoisotopic (exact) mass is 393 g/mol. The van der Waals surface area contributed by atoms with Crippen molar-refractivity contribution in [3.05, 3.63) is 64.4 Å². The van der Waals surface area contributed by atoms with Crippen LogP contribution in [0.4, 0.5) is 0 Å². The molecule has 28 heavy (non-hydrogen) atoms. The summed E-state index contributed by atoms with van der Waals surface area (Å²) in [6.45, 7) is 1.93. The minimum Gasteiger partial charge on any atom is -0.497 e. The summed E-state index contributed by atoms with van der Waals surface area (Å²) in [5.74, 6) is 1.12. The minimum absolute atomic E-state index is 0.0390. The lowest BCUT2D eigenvalue weighted by atomic mass is 10.1. The standard InChI is InChI=1S/C20H19N5O2S/c1-13(15-5-3-14(11-21)4-6-15)22-18(26)12-25-19(23-24-20(25)28)16-7-9-17(27-2)10-8-16/h3-10,13H,12H2,1-2H3,(H,22,26)(H,24,28). The molecule has 0 saturated carbocycles. The number of aromatic nitrogens is 3. The van der Waals surface area contributed by atoms with E-state index in [9.17, 15) is 4.79 Å². The van der Waals surface area contributed by atoms with Gasteiger partial charge in [-0.25, -0.2) is 0 Å². The first kappa shape index (κ1) is 19.3. The van der Waals surface area contributed by atoms with Crippen molar-refractivity contribution in [1.29, 1.82) is 5.26 Å². The van der Waals surface area contributed by atoms with Crippen molar-refractivity contribution < 1.29 is 9.53 Å². The van der Waals surface area contributed by atoms with Crippen molar-refractivity contribution in [2.24, 2.45) is 0 Å². The molecule has 2 N–H and O–H groups in total. The maximum atomic E-state index is 12.6. The normalized spacial score (nSPS) is 11.5. The number of amides is 1. The van der Waals surface area contributed by atoms with Gasteiger partial charge in [0.05, 0.1) is 24.8 Å². The molecule has 0 aliphatic heterocycles. The number of benzene rings is 2. The summed E-state index contributed by atoms with van der Waals surface area (Å²) in [5, 5.41) is 18.8. The van der Waals surface area contributed by atoms with Crippen LogP contribution in [0.25, 0.3) is 11.4 Å². The van der Waals surface area contributed by atoms with Crippen LogP contribution in [0.1, 0.15) is 24.1 Å². The summed E-state index contributed by atoms with van der Waals surface area (Å²) in [6, 6.07) is 16.4. The molecule has 0 spiro atoms. The van der Waals surface area contributed by atoms with Crippen LogP contribution in [0.2, 0.25) is 0 Å². The van der Waals surface area contributed by atoms with Gasteiger partial charge in [-0.05, 0) is 61.1 Å². The van der Waals surface area contributed by atoms with Gasteiger partial charge in [-0.1, -0.05) is 12.1 Å². The Morgan fingerprint density at radius 2 is 1.96 bits per heavy atom. The predicted octanol–water partition coefficient (Wildman–Crippen LogP) is 3.37. The average Bonchev–Trinajstić information content (AvgIpc) is 3.08. The smallest absolute Gasteiger partial charge is 0.240 e. The third-order valence-corrected chi connectivity index (χ3v) is 4.64. The van der Waals surface area contributed by atoms with Crippen molar-refractivity contribution >= 4 is 18.1 Å². The third kappa shape index (κ3) is 4.27. The zero-order chi connectivity index (χ0) is 20.1. The Balaban J connectivity index is 1.74. The van der Waals surface area contributed by atoms with Gasteiger partial charge < -0.3 is 10.1 Å². The SMILES string of the molecule is COc1ccc(-c2n[nH]c(=S)n2CC(=O)NC(C)c2ccc(C#N)cc2)cc1. The highest BCUT2D eigenvalue weighted by atomic mass is 32.1. The van der Waals surface area contributed by atoms with E-state index in [4.69, 9.17) is 22.2 Å².